The van der Waals surface area contributed by atoms with Crippen LogP contribution < -0.4 is 5.32 Å². The Kier molecular flexibility index (Phi) is 3.81. The van der Waals surface area contributed by atoms with Crippen LogP contribution in [-0.2, 0) is 4.74 Å². The average Bonchev–Trinajstić information content (AvgIpc) is 3.03. The van der Waals surface area contributed by atoms with E-state index in [9.17, 15) is 0 Å². The maximum Gasteiger partial charge on any atom is 0.168 e. The summed E-state index contributed by atoms with van der Waals surface area (Å²) >= 11 is 5.34. The molecular formula is C11H20N2OS. The van der Waals surface area contributed by atoms with Crippen molar-refractivity contribution in [2.45, 2.75) is 31.7 Å². The van der Waals surface area contributed by atoms with Gasteiger partial charge < -0.3 is 15.0 Å². The molecule has 0 amide bonds. The lowest BCUT2D eigenvalue weighted by molar-refractivity contribution is 0.0485. The zero-order valence-electron chi connectivity index (χ0n) is 9.37. The summed E-state index contributed by atoms with van der Waals surface area (Å²) in [6.45, 7) is 2.86. The van der Waals surface area contributed by atoms with Crippen LogP contribution in [0.15, 0.2) is 0 Å². The van der Waals surface area contributed by atoms with Gasteiger partial charge in [-0.05, 0) is 43.8 Å². The predicted molar refractivity (Wildman–Crippen MR) is 64.9 cm³/mol. The first-order valence-electron chi connectivity index (χ1n) is 5.85. The highest BCUT2D eigenvalue weighted by Crippen LogP contribution is 2.19. The van der Waals surface area contributed by atoms with Gasteiger partial charge in [-0.3, -0.25) is 0 Å². The van der Waals surface area contributed by atoms with Crippen LogP contribution in [0.4, 0.5) is 0 Å². The van der Waals surface area contributed by atoms with Gasteiger partial charge in [-0.15, -0.1) is 0 Å². The van der Waals surface area contributed by atoms with Crippen molar-refractivity contribution >= 4 is 17.3 Å². The summed E-state index contributed by atoms with van der Waals surface area (Å²) in [4.78, 5) is 2.16. The molecule has 0 aromatic carbocycles. The van der Waals surface area contributed by atoms with Crippen molar-refractivity contribution in [2.75, 3.05) is 26.8 Å². The third-order valence-electron chi connectivity index (χ3n) is 3.04. The number of rotatable bonds is 3. The molecule has 2 aliphatic rings. The second-order valence-electron chi connectivity index (χ2n) is 4.69. The minimum atomic E-state index is 0.655. The van der Waals surface area contributed by atoms with E-state index in [0.717, 1.165) is 24.9 Å². The summed E-state index contributed by atoms with van der Waals surface area (Å²) in [7, 11) is 2.08. The van der Waals surface area contributed by atoms with Gasteiger partial charge in [0.2, 0.25) is 0 Å². The van der Waals surface area contributed by atoms with Gasteiger partial charge in [-0.25, -0.2) is 0 Å². The molecule has 1 N–H and O–H groups in total. The summed E-state index contributed by atoms with van der Waals surface area (Å²) < 4.78 is 5.47. The Balaban J connectivity index is 1.69. The molecule has 0 radical (unpaired) electrons. The minimum Gasteiger partial charge on any atom is -0.381 e. The normalized spacial score (nSPS) is 26.1. The van der Waals surface area contributed by atoms with Gasteiger partial charge in [0.1, 0.15) is 0 Å². The Morgan fingerprint density at radius 2 is 2.27 bits per heavy atom. The van der Waals surface area contributed by atoms with Crippen LogP contribution in [0.5, 0.6) is 0 Å². The maximum absolute atomic E-state index is 5.47. The van der Waals surface area contributed by atoms with Gasteiger partial charge in [-0.2, -0.15) is 0 Å². The fraction of sp³-hybridized carbons (Fsp3) is 0.909. The second-order valence-corrected chi connectivity index (χ2v) is 5.07. The molecule has 0 spiro atoms. The van der Waals surface area contributed by atoms with Gasteiger partial charge in [0.25, 0.3) is 0 Å². The highest BCUT2D eigenvalue weighted by atomic mass is 32.1. The Hall–Kier alpha value is -0.350. The van der Waals surface area contributed by atoms with E-state index in [-0.39, 0.29) is 0 Å². The number of hydrogen-bond donors (Lipinski definition) is 1. The first kappa shape index (κ1) is 11.1. The largest absolute Gasteiger partial charge is 0.381 e. The molecule has 2 rings (SSSR count). The van der Waals surface area contributed by atoms with E-state index in [4.69, 9.17) is 17.0 Å². The van der Waals surface area contributed by atoms with E-state index in [2.05, 4.69) is 17.3 Å². The Morgan fingerprint density at radius 3 is 2.87 bits per heavy atom. The molecule has 1 unspecified atom stereocenters. The topological polar surface area (TPSA) is 24.5 Å². The van der Waals surface area contributed by atoms with E-state index in [1.54, 1.807) is 0 Å². The van der Waals surface area contributed by atoms with E-state index >= 15 is 0 Å². The summed E-state index contributed by atoms with van der Waals surface area (Å²) in [5.41, 5.74) is 0. The van der Waals surface area contributed by atoms with E-state index in [0.29, 0.717) is 12.0 Å². The molecule has 1 saturated heterocycles. The van der Waals surface area contributed by atoms with E-state index < -0.39 is 0 Å². The van der Waals surface area contributed by atoms with Crippen molar-refractivity contribution < 1.29 is 4.74 Å². The lowest BCUT2D eigenvalue weighted by atomic mass is 10.0. The fourth-order valence-electron chi connectivity index (χ4n) is 1.93. The molecule has 2 fully saturated rings. The first-order chi connectivity index (χ1) is 7.25. The molecule has 4 heteroatoms. The molecule has 1 aliphatic heterocycles. The van der Waals surface area contributed by atoms with Gasteiger partial charge in [0.15, 0.2) is 5.11 Å². The summed E-state index contributed by atoms with van der Waals surface area (Å²) in [5, 5.41) is 4.27. The third kappa shape index (κ3) is 3.61. The monoisotopic (exact) mass is 228 g/mol. The zero-order valence-corrected chi connectivity index (χ0v) is 10.2. The van der Waals surface area contributed by atoms with Crippen LogP contribution in [0.1, 0.15) is 25.7 Å². The summed E-state index contributed by atoms with van der Waals surface area (Å²) in [5.74, 6) is 0.655. The minimum absolute atomic E-state index is 0.655. The Morgan fingerprint density at radius 1 is 1.47 bits per heavy atom. The predicted octanol–water partition coefficient (Wildman–Crippen LogP) is 1.38. The van der Waals surface area contributed by atoms with Gasteiger partial charge in [-0.1, -0.05) is 0 Å². The molecule has 1 atom stereocenters. The van der Waals surface area contributed by atoms with Gasteiger partial charge >= 0.3 is 0 Å². The lowest BCUT2D eigenvalue weighted by Gasteiger charge is -2.28. The summed E-state index contributed by atoms with van der Waals surface area (Å²) in [6, 6.07) is 0.655. The van der Waals surface area contributed by atoms with E-state index in [1.165, 1.54) is 25.7 Å². The smallest absolute Gasteiger partial charge is 0.168 e. The molecule has 0 aromatic heterocycles. The fourth-order valence-corrected chi connectivity index (χ4v) is 2.18. The highest BCUT2D eigenvalue weighted by Gasteiger charge is 2.24. The van der Waals surface area contributed by atoms with Gasteiger partial charge in [0, 0.05) is 26.2 Å². The van der Waals surface area contributed by atoms with Crippen molar-refractivity contribution in [2.24, 2.45) is 5.92 Å². The Bertz CT molecular complexity index is 225. The van der Waals surface area contributed by atoms with Crippen molar-refractivity contribution in [1.29, 1.82) is 0 Å². The Labute approximate surface area is 97.2 Å². The molecule has 1 aliphatic carbocycles. The molecule has 0 aromatic rings. The summed E-state index contributed by atoms with van der Waals surface area (Å²) in [6.07, 6.45) is 5.03. The lowest BCUT2D eigenvalue weighted by Crippen LogP contribution is -2.41. The number of hydrogen-bond acceptors (Lipinski definition) is 2. The molecule has 86 valence electrons. The molecule has 3 nitrogen and oxygen atoms in total. The zero-order chi connectivity index (χ0) is 10.7. The maximum atomic E-state index is 5.47. The first-order valence-corrected chi connectivity index (χ1v) is 6.26. The van der Waals surface area contributed by atoms with Crippen LogP contribution >= 0.6 is 12.2 Å². The molecule has 1 heterocycles. The van der Waals surface area contributed by atoms with Crippen LogP contribution in [-0.4, -0.2) is 42.9 Å². The van der Waals surface area contributed by atoms with Crippen LogP contribution in [0.25, 0.3) is 0 Å². The molecular weight excluding hydrogens is 208 g/mol. The van der Waals surface area contributed by atoms with Crippen molar-refractivity contribution in [3.05, 3.63) is 0 Å². The number of nitrogens with zero attached hydrogens (tertiary/aromatic N) is 1. The quantitative estimate of drug-likeness (QED) is 0.738. The SMILES string of the molecule is CN(CC1CCCOC1)C(=S)NC1CC1. The van der Waals surface area contributed by atoms with Crippen molar-refractivity contribution in [3.63, 3.8) is 0 Å². The second kappa shape index (κ2) is 5.12. The van der Waals surface area contributed by atoms with Crippen LogP contribution in [0.3, 0.4) is 0 Å². The highest BCUT2D eigenvalue weighted by molar-refractivity contribution is 7.80. The van der Waals surface area contributed by atoms with Crippen LogP contribution in [0, 0.1) is 5.92 Å². The number of thiocarbonyl (C=S) groups is 1. The van der Waals surface area contributed by atoms with Crippen molar-refractivity contribution in [1.82, 2.24) is 10.2 Å². The van der Waals surface area contributed by atoms with E-state index in [1.807, 2.05) is 0 Å². The molecule has 0 bridgehead atoms. The molecule has 1 saturated carbocycles. The number of nitrogens with one attached hydrogen (secondary N) is 1. The third-order valence-corrected chi connectivity index (χ3v) is 3.47. The van der Waals surface area contributed by atoms with Crippen molar-refractivity contribution in [3.8, 4) is 0 Å². The van der Waals surface area contributed by atoms with Crippen LogP contribution in [0.2, 0.25) is 0 Å². The van der Waals surface area contributed by atoms with Gasteiger partial charge in [0.05, 0.1) is 6.61 Å². The standard InChI is InChI=1S/C11H20N2OS/c1-13(11(15)12-10-4-5-10)7-9-3-2-6-14-8-9/h9-10H,2-8H2,1H3,(H,12,15). The average molecular weight is 228 g/mol. The number of ether oxygens (including phenoxy) is 1. The molecule has 15 heavy (non-hydrogen) atoms.